The van der Waals surface area contributed by atoms with E-state index in [1.54, 1.807) is 4.90 Å². The minimum atomic E-state index is -1.22. The number of nitrogens with one attached hydrogen (secondary N) is 1. The second-order valence-electron chi connectivity index (χ2n) is 7.68. The fourth-order valence-electron chi connectivity index (χ4n) is 3.65. The predicted octanol–water partition coefficient (Wildman–Crippen LogP) is 0.693. The summed E-state index contributed by atoms with van der Waals surface area (Å²) in [6.45, 7) is 3.49. The average molecular weight is 394 g/mol. The molecule has 2 aliphatic rings. The van der Waals surface area contributed by atoms with Crippen LogP contribution < -0.4 is 5.32 Å². The number of piperidine rings is 1. The molecular formula is C20H27FN2O5. The molecule has 0 bridgehead atoms. The molecule has 1 aromatic rings. The lowest BCUT2D eigenvalue weighted by Crippen LogP contribution is -2.41. The summed E-state index contributed by atoms with van der Waals surface area (Å²) in [5, 5.41) is 23.0. The molecule has 2 saturated heterocycles. The van der Waals surface area contributed by atoms with Crippen LogP contribution in [-0.4, -0.2) is 71.0 Å². The van der Waals surface area contributed by atoms with Gasteiger partial charge in [-0.2, -0.15) is 0 Å². The van der Waals surface area contributed by atoms with E-state index in [2.05, 4.69) is 12.2 Å². The minimum Gasteiger partial charge on any atom is -0.388 e. The average Bonchev–Trinajstić information content (AvgIpc) is 2.94. The Morgan fingerprint density at radius 3 is 2.57 bits per heavy atom. The van der Waals surface area contributed by atoms with E-state index in [0.29, 0.717) is 19.0 Å². The topological polar surface area (TPSA) is 99.1 Å². The lowest BCUT2D eigenvalue weighted by molar-refractivity contribution is -0.136. The number of nitrogens with zero attached hydrogens (tertiary/aromatic N) is 1. The van der Waals surface area contributed by atoms with Gasteiger partial charge in [0.05, 0.1) is 12.5 Å². The van der Waals surface area contributed by atoms with Gasteiger partial charge in [-0.25, -0.2) is 4.39 Å². The summed E-state index contributed by atoms with van der Waals surface area (Å²) in [6.07, 6.45) is -2.18. The van der Waals surface area contributed by atoms with Gasteiger partial charge in [0.25, 0.3) is 5.91 Å². The summed E-state index contributed by atoms with van der Waals surface area (Å²) in [6, 6.07) is 5.25. The van der Waals surface area contributed by atoms with Crippen molar-refractivity contribution >= 4 is 11.8 Å². The number of aliphatic hydroxyl groups excluding tert-OH is 2. The van der Waals surface area contributed by atoms with Crippen molar-refractivity contribution in [2.75, 3.05) is 19.6 Å². The Morgan fingerprint density at radius 2 is 1.89 bits per heavy atom. The fourth-order valence-corrected chi connectivity index (χ4v) is 3.65. The molecule has 0 aromatic heterocycles. The van der Waals surface area contributed by atoms with Gasteiger partial charge in [-0.1, -0.05) is 13.0 Å². The molecule has 0 aliphatic carbocycles. The van der Waals surface area contributed by atoms with E-state index in [0.717, 1.165) is 18.9 Å². The van der Waals surface area contributed by atoms with Crippen LogP contribution in [0.4, 0.5) is 4.39 Å². The van der Waals surface area contributed by atoms with E-state index in [1.165, 1.54) is 18.2 Å². The highest BCUT2D eigenvalue weighted by atomic mass is 19.1. The van der Waals surface area contributed by atoms with Crippen LogP contribution in [0.5, 0.6) is 0 Å². The monoisotopic (exact) mass is 394 g/mol. The first-order valence-corrected chi connectivity index (χ1v) is 9.68. The first-order valence-electron chi connectivity index (χ1n) is 9.68. The maximum absolute atomic E-state index is 13.2. The molecule has 2 heterocycles. The Kier molecular flexibility index (Phi) is 6.64. The summed E-state index contributed by atoms with van der Waals surface area (Å²) < 4.78 is 18.9. The molecule has 0 radical (unpaired) electrons. The molecule has 3 rings (SSSR count). The number of amides is 2. The SMILES string of the molecule is CC1CCN(C(=O)C[C@@H]2O[C@H](CNC(=O)c3cccc(F)c3)[C@@H](O)[C@H]2O)CC1. The third-order valence-electron chi connectivity index (χ3n) is 5.52. The van der Waals surface area contributed by atoms with Gasteiger partial charge in [0.1, 0.15) is 24.1 Å². The van der Waals surface area contributed by atoms with Gasteiger partial charge in [0, 0.05) is 25.2 Å². The van der Waals surface area contributed by atoms with Gasteiger partial charge in [-0.15, -0.1) is 0 Å². The number of aliphatic hydroxyl groups is 2. The molecule has 7 nitrogen and oxygen atoms in total. The summed E-state index contributed by atoms with van der Waals surface area (Å²) in [7, 11) is 0. The van der Waals surface area contributed by atoms with Crippen molar-refractivity contribution in [3.05, 3.63) is 35.6 Å². The number of carbonyl (C=O) groups is 2. The molecule has 3 N–H and O–H groups in total. The second-order valence-corrected chi connectivity index (χ2v) is 7.68. The fraction of sp³-hybridized carbons (Fsp3) is 0.600. The molecule has 0 saturated carbocycles. The van der Waals surface area contributed by atoms with E-state index in [9.17, 15) is 24.2 Å². The lowest BCUT2D eigenvalue weighted by atomic mass is 9.98. The summed E-state index contributed by atoms with van der Waals surface area (Å²) in [4.78, 5) is 26.3. The Morgan fingerprint density at radius 1 is 1.21 bits per heavy atom. The number of ether oxygens (including phenoxy) is 1. The van der Waals surface area contributed by atoms with Crippen LogP contribution in [0.3, 0.4) is 0 Å². The standard InChI is InChI=1S/C20H27FN2O5/c1-12-5-7-23(8-6-12)17(24)10-15-18(25)19(26)16(28-15)11-22-20(27)13-3-2-4-14(21)9-13/h2-4,9,12,15-16,18-19,25-26H,5-8,10-11H2,1H3,(H,22,27)/t15-,16+,18-,19+/m0/s1. The molecule has 2 fully saturated rings. The van der Waals surface area contributed by atoms with Gasteiger partial charge in [0.15, 0.2) is 0 Å². The molecule has 2 amide bonds. The van der Waals surface area contributed by atoms with E-state index < -0.39 is 36.1 Å². The largest absolute Gasteiger partial charge is 0.388 e. The van der Waals surface area contributed by atoms with Crippen molar-refractivity contribution in [1.82, 2.24) is 10.2 Å². The molecule has 0 unspecified atom stereocenters. The minimum absolute atomic E-state index is 0.0129. The van der Waals surface area contributed by atoms with Crippen molar-refractivity contribution in [3.8, 4) is 0 Å². The highest BCUT2D eigenvalue weighted by Gasteiger charge is 2.44. The van der Waals surface area contributed by atoms with Crippen molar-refractivity contribution in [2.45, 2.75) is 50.6 Å². The van der Waals surface area contributed by atoms with Crippen LogP contribution in [0.1, 0.15) is 36.5 Å². The number of carbonyl (C=O) groups excluding carboxylic acids is 2. The highest BCUT2D eigenvalue weighted by Crippen LogP contribution is 2.25. The first-order chi connectivity index (χ1) is 13.3. The second kappa shape index (κ2) is 8.98. The smallest absolute Gasteiger partial charge is 0.251 e. The summed E-state index contributed by atoms with van der Waals surface area (Å²) in [5.74, 6) is -0.532. The van der Waals surface area contributed by atoms with Gasteiger partial charge < -0.3 is 25.2 Å². The Hall–Kier alpha value is -2.03. The van der Waals surface area contributed by atoms with Crippen LogP contribution in [0.25, 0.3) is 0 Å². The number of benzene rings is 1. The molecule has 28 heavy (non-hydrogen) atoms. The molecular weight excluding hydrogens is 367 g/mol. The number of hydrogen-bond acceptors (Lipinski definition) is 5. The van der Waals surface area contributed by atoms with Gasteiger partial charge in [-0.05, 0) is 37.0 Å². The first kappa shape index (κ1) is 20.7. The Bertz CT molecular complexity index is 708. The van der Waals surface area contributed by atoms with Crippen molar-refractivity contribution in [1.29, 1.82) is 0 Å². The van der Waals surface area contributed by atoms with Gasteiger partial charge in [-0.3, -0.25) is 9.59 Å². The quantitative estimate of drug-likeness (QED) is 0.683. The van der Waals surface area contributed by atoms with Crippen molar-refractivity contribution < 1.29 is 28.9 Å². The zero-order valence-corrected chi connectivity index (χ0v) is 15.9. The highest BCUT2D eigenvalue weighted by molar-refractivity contribution is 5.94. The molecule has 154 valence electrons. The van der Waals surface area contributed by atoms with E-state index >= 15 is 0 Å². The van der Waals surface area contributed by atoms with Crippen LogP contribution in [0, 0.1) is 11.7 Å². The number of hydrogen-bond donors (Lipinski definition) is 3. The van der Waals surface area contributed by atoms with Crippen molar-refractivity contribution in [3.63, 3.8) is 0 Å². The summed E-state index contributed by atoms with van der Waals surface area (Å²) in [5.41, 5.74) is 0.152. The number of likely N-dealkylation sites (tertiary alicyclic amines) is 1. The Balaban J connectivity index is 1.50. The molecule has 1 aromatic carbocycles. The predicted molar refractivity (Wildman–Crippen MR) is 99.0 cm³/mol. The maximum Gasteiger partial charge on any atom is 0.251 e. The van der Waals surface area contributed by atoms with Crippen LogP contribution >= 0.6 is 0 Å². The third kappa shape index (κ3) is 4.87. The third-order valence-corrected chi connectivity index (χ3v) is 5.52. The Labute approximate surface area is 163 Å². The molecule has 4 atom stereocenters. The zero-order chi connectivity index (χ0) is 20.3. The zero-order valence-electron chi connectivity index (χ0n) is 15.9. The van der Waals surface area contributed by atoms with Crippen LogP contribution in [0.15, 0.2) is 24.3 Å². The van der Waals surface area contributed by atoms with E-state index in [-0.39, 0.29) is 24.4 Å². The van der Waals surface area contributed by atoms with E-state index in [1.807, 2.05) is 0 Å². The van der Waals surface area contributed by atoms with Crippen LogP contribution in [0.2, 0.25) is 0 Å². The van der Waals surface area contributed by atoms with Crippen molar-refractivity contribution in [2.24, 2.45) is 5.92 Å². The van der Waals surface area contributed by atoms with E-state index in [4.69, 9.17) is 4.74 Å². The maximum atomic E-state index is 13.2. The number of rotatable bonds is 5. The van der Waals surface area contributed by atoms with Gasteiger partial charge >= 0.3 is 0 Å². The normalized spacial score (nSPS) is 28.4. The molecule has 0 spiro atoms. The summed E-state index contributed by atoms with van der Waals surface area (Å²) >= 11 is 0. The van der Waals surface area contributed by atoms with Gasteiger partial charge in [0.2, 0.25) is 5.91 Å². The lowest BCUT2D eigenvalue weighted by Gasteiger charge is -2.31. The number of halogens is 1. The molecule has 8 heteroatoms. The molecule has 2 aliphatic heterocycles. The van der Waals surface area contributed by atoms with Crippen LogP contribution in [-0.2, 0) is 9.53 Å².